The molecule has 1 radical (unpaired) electrons. The number of aromatic nitrogens is 2. The molecule has 0 saturated heterocycles. The maximum absolute atomic E-state index is 5.12. The maximum Gasteiger partial charge on any atom is 0.0774 e. The fourth-order valence-electron chi connectivity index (χ4n) is 5.00. The van der Waals surface area contributed by atoms with Gasteiger partial charge in [-0.15, -0.1) is 47.2 Å². The number of imidazole rings is 1. The third-order valence-corrected chi connectivity index (χ3v) is 7.88. The molecule has 2 heterocycles. The molecule has 0 bridgehead atoms. The van der Waals surface area contributed by atoms with Crippen LogP contribution < -0.4 is 0 Å². The Balaban J connectivity index is 0.00000253. The van der Waals surface area contributed by atoms with Gasteiger partial charge in [-0.25, -0.2) is 0 Å². The molecule has 6 rings (SSSR count). The summed E-state index contributed by atoms with van der Waals surface area (Å²) in [5.74, 6) is 1.76. The predicted molar refractivity (Wildman–Crippen MR) is 146 cm³/mol. The normalized spacial score (nSPS) is 11.7. The predicted octanol–water partition coefficient (Wildman–Crippen LogP) is 9.10. The summed E-state index contributed by atoms with van der Waals surface area (Å²) in [6.07, 6.45) is 0. The van der Waals surface area contributed by atoms with Gasteiger partial charge in [-0.2, -0.15) is 0 Å². The fraction of sp³-hybridized carbons (Fsp3) is 0.194. The van der Waals surface area contributed by atoms with E-state index in [-0.39, 0.29) is 20.1 Å². The van der Waals surface area contributed by atoms with Gasteiger partial charge in [-0.1, -0.05) is 64.1 Å². The summed E-state index contributed by atoms with van der Waals surface area (Å²) in [5.41, 5.74) is 7.19. The Hall–Kier alpha value is -2.78. The Morgan fingerprint density at radius 2 is 1.54 bits per heavy atom. The van der Waals surface area contributed by atoms with E-state index in [4.69, 9.17) is 4.98 Å². The second-order valence-electron chi connectivity index (χ2n) is 9.55. The smallest absolute Gasteiger partial charge is 0.0774 e. The molecule has 0 atom stereocenters. The van der Waals surface area contributed by atoms with Crippen molar-refractivity contribution in [1.82, 2.24) is 9.55 Å². The van der Waals surface area contributed by atoms with E-state index in [9.17, 15) is 0 Å². The summed E-state index contributed by atoms with van der Waals surface area (Å²) in [7, 11) is 0. The van der Waals surface area contributed by atoms with Crippen molar-refractivity contribution >= 4 is 42.5 Å². The first kappa shape index (κ1) is 23.9. The molecule has 0 spiro atoms. The number of hydrogen-bond acceptors (Lipinski definition) is 2. The molecule has 4 aromatic carbocycles. The molecule has 6 aromatic rings. The number of rotatable bonds is 4. The van der Waals surface area contributed by atoms with Gasteiger partial charge in [-0.05, 0) is 41.2 Å². The molecule has 177 valence electrons. The Morgan fingerprint density at radius 3 is 2.29 bits per heavy atom. The van der Waals surface area contributed by atoms with Crippen molar-refractivity contribution in [2.75, 3.05) is 0 Å². The summed E-state index contributed by atoms with van der Waals surface area (Å²) in [5, 5.41) is 2.67. The SMILES string of the molecule is CC(C)c1cc(C(C)C)c2sc3ccccc3c2c1-n1c(-c2[c-]cccc2)nc2ccccc21.[Ir]. The van der Waals surface area contributed by atoms with Gasteiger partial charge >= 0.3 is 0 Å². The topological polar surface area (TPSA) is 17.8 Å². The van der Waals surface area contributed by atoms with Crippen molar-refractivity contribution in [2.45, 2.75) is 39.5 Å². The van der Waals surface area contributed by atoms with Gasteiger partial charge in [-0.3, -0.25) is 4.98 Å². The summed E-state index contributed by atoms with van der Waals surface area (Å²) in [4.78, 5) is 5.12. The number of nitrogens with zero attached hydrogens (tertiary/aromatic N) is 2. The number of para-hydroxylation sites is 2. The molecule has 2 nitrogen and oxygen atoms in total. The molecule has 0 aliphatic rings. The van der Waals surface area contributed by atoms with E-state index in [1.54, 1.807) is 0 Å². The average Bonchev–Trinajstić information content (AvgIpc) is 3.42. The van der Waals surface area contributed by atoms with Crippen molar-refractivity contribution in [3.63, 3.8) is 0 Å². The van der Waals surface area contributed by atoms with Crippen molar-refractivity contribution in [3.8, 4) is 17.1 Å². The second-order valence-corrected chi connectivity index (χ2v) is 10.6. The molecular weight excluding hydrogens is 625 g/mol. The molecule has 0 fully saturated rings. The second kappa shape index (κ2) is 9.35. The molecule has 0 amide bonds. The minimum Gasteiger partial charge on any atom is -0.332 e. The quantitative estimate of drug-likeness (QED) is 0.174. The molecule has 4 heteroatoms. The van der Waals surface area contributed by atoms with Crippen LogP contribution in [0.2, 0.25) is 0 Å². The zero-order valence-electron chi connectivity index (χ0n) is 20.3. The van der Waals surface area contributed by atoms with E-state index in [2.05, 4.69) is 105 Å². The van der Waals surface area contributed by atoms with Crippen LogP contribution in [-0.4, -0.2) is 9.55 Å². The van der Waals surface area contributed by atoms with Crippen LogP contribution in [0.15, 0.2) is 78.9 Å². The number of hydrogen-bond donors (Lipinski definition) is 0. The van der Waals surface area contributed by atoms with Crippen LogP contribution in [0.25, 0.3) is 48.3 Å². The van der Waals surface area contributed by atoms with E-state index in [0.717, 1.165) is 22.4 Å². The molecule has 0 saturated carbocycles. The summed E-state index contributed by atoms with van der Waals surface area (Å²) in [6, 6.07) is 31.4. The molecule has 0 N–H and O–H groups in total. The van der Waals surface area contributed by atoms with Gasteiger partial charge in [0.25, 0.3) is 0 Å². The Bertz CT molecular complexity index is 1660. The van der Waals surface area contributed by atoms with Gasteiger partial charge in [0, 0.05) is 40.3 Å². The monoisotopic (exact) mass is 652 g/mol. The van der Waals surface area contributed by atoms with Crippen molar-refractivity contribution < 1.29 is 20.1 Å². The van der Waals surface area contributed by atoms with Crippen molar-refractivity contribution in [3.05, 3.63) is 96.1 Å². The zero-order valence-corrected chi connectivity index (χ0v) is 23.5. The largest absolute Gasteiger partial charge is 0.332 e. The molecule has 35 heavy (non-hydrogen) atoms. The summed E-state index contributed by atoms with van der Waals surface area (Å²) < 4.78 is 5.11. The van der Waals surface area contributed by atoms with E-state index < -0.39 is 0 Å². The fourth-order valence-corrected chi connectivity index (χ4v) is 6.37. The van der Waals surface area contributed by atoms with Crippen LogP contribution in [0, 0.1) is 6.07 Å². The van der Waals surface area contributed by atoms with Gasteiger partial charge in [0.2, 0.25) is 0 Å². The van der Waals surface area contributed by atoms with E-state index >= 15 is 0 Å². The molecule has 0 unspecified atom stereocenters. The maximum atomic E-state index is 5.12. The van der Waals surface area contributed by atoms with Gasteiger partial charge < -0.3 is 4.57 Å². The van der Waals surface area contributed by atoms with Gasteiger partial charge in [0.1, 0.15) is 0 Å². The van der Waals surface area contributed by atoms with Crippen molar-refractivity contribution in [1.29, 1.82) is 0 Å². The third-order valence-electron chi connectivity index (χ3n) is 6.66. The Kier molecular flexibility index (Phi) is 6.39. The van der Waals surface area contributed by atoms with E-state index in [1.807, 2.05) is 23.5 Å². The van der Waals surface area contributed by atoms with Crippen LogP contribution in [0.5, 0.6) is 0 Å². The number of fused-ring (bicyclic) bond motifs is 4. The first-order chi connectivity index (χ1) is 16.5. The number of benzene rings is 4. The van der Waals surface area contributed by atoms with Crippen LogP contribution in [0.4, 0.5) is 0 Å². The molecule has 0 aliphatic heterocycles. The Labute approximate surface area is 224 Å². The standard InChI is InChI=1S/C31H27N2S.Ir/c1-19(2)23-18-24(20(3)4)30-28(22-14-8-11-17-27(22)34-30)29(23)33-26-16-10-9-15-25(26)32-31(33)21-12-6-5-7-13-21;/h5-12,14-20H,1-4H3;/q-1;. The minimum absolute atomic E-state index is 0. The summed E-state index contributed by atoms with van der Waals surface area (Å²) in [6.45, 7) is 9.22. The average molecular weight is 652 g/mol. The van der Waals surface area contributed by atoms with Crippen LogP contribution in [-0.2, 0) is 20.1 Å². The molecular formula is C31H27IrN2S-. The van der Waals surface area contributed by atoms with E-state index in [0.29, 0.717) is 11.8 Å². The first-order valence-electron chi connectivity index (χ1n) is 12.0. The van der Waals surface area contributed by atoms with Gasteiger partial charge in [0.15, 0.2) is 0 Å². The zero-order chi connectivity index (χ0) is 23.4. The van der Waals surface area contributed by atoms with E-state index in [1.165, 1.54) is 37.0 Å². The number of thiophene rings is 1. The van der Waals surface area contributed by atoms with Crippen LogP contribution in [0.1, 0.15) is 50.7 Å². The first-order valence-corrected chi connectivity index (χ1v) is 12.8. The Morgan fingerprint density at radius 1 is 0.829 bits per heavy atom. The van der Waals surface area contributed by atoms with Crippen LogP contribution >= 0.6 is 11.3 Å². The van der Waals surface area contributed by atoms with Crippen molar-refractivity contribution in [2.24, 2.45) is 0 Å². The van der Waals surface area contributed by atoms with Gasteiger partial charge in [0.05, 0.1) is 22.5 Å². The minimum atomic E-state index is 0. The summed E-state index contributed by atoms with van der Waals surface area (Å²) >= 11 is 1.91. The molecule has 2 aromatic heterocycles. The third kappa shape index (κ3) is 3.85. The molecule has 0 aliphatic carbocycles. The van der Waals surface area contributed by atoms with Crippen LogP contribution in [0.3, 0.4) is 0 Å².